The van der Waals surface area contributed by atoms with E-state index in [0.29, 0.717) is 29.2 Å². The van der Waals surface area contributed by atoms with Gasteiger partial charge in [-0.15, -0.1) is 0 Å². The summed E-state index contributed by atoms with van der Waals surface area (Å²) < 4.78 is 11.6. The zero-order valence-electron chi connectivity index (χ0n) is 16.2. The fourth-order valence-electron chi connectivity index (χ4n) is 2.72. The Bertz CT molecular complexity index is 897. The van der Waals surface area contributed by atoms with Gasteiger partial charge >= 0.3 is 0 Å². The third-order valence-corrected chi connectivity index (χ3v) is 4.13. The van der Waals surface area contributed by atoms with Crippen molar-refractivity contribution >= 4 is 16.6 Å². The number of fused-ring (bicyclic) bond motifs is 1. The Labute approximate surface area is 158 Å². The van der Waals surface area contributed by atoms with E-state index in [9.17, 15) is 14.9 Å². The Hall–Kier alpha value is -2.83. The number of rotatable bonds is 9. The Morgan fingerprint density at radius 3 is 2.67 bits per heavy atom. The van der Waals surface area contributed by atoms with Crippen LogP contribution in [0.2, 0.25) is 0 Å². The van der Waals surface area contributed by atoms with E-state index in [-0.39, 0.29) is 18.0 Å². The van der Waals surface area contributed by atoms with Gasteiger partial charge in [-0.05, 0) is 38.3 Å². The second-order valence-corrected chi connectivity index (χ2v) is 6.90. The standard InChI is InChI=1S/C20H26N2O5/c1-5-6-14(4)12-27-19-18(26-10-9-13(2)3)16-8-7-15(22(24)25)11-17(16)21-20(19)23/h7-9,11,14H,5-6,10,12H2,1-4H3,(H,21,23). The van der Waals surface area contributed by atoms with Gasteiger partial charge in [-0.1, -0.05) is 25.8 Å². The van der Waals surface area contributed by atoms with Crippen LogP contribution in [0.15, 0.2) is 34.6 Å². The minimum Gasteiger partial charge on any atom is -0.485 e. The first-order chi connectivity index (χ1) is 12.8. The average molecular weight is 374 g/mol. The summed E-state index contributed by atoms with van der Waals surface area (Å²) >= 11 is 0. The molecule has 1 aromatic heterocycles. The summed E-state index contributed by atoms with van der Waals surface area (Å²) in [5, 5.41) is 11.6. The van der Waals surface area contributed by atoms with Gasteiger partial charge in [0.2, 0.25) is 5.75 Å². The smallest absolute Gasteiger partial charge is 0.294 e. The molecule has 0 aliphatic carbocycles. The number of hydrogen-bond donors (Lipinski definition) is 1. The summed E-state index contributed by atoms with van der Waals surface area (Å²) in [5.41, 5.74) is 0.867. The van der Waals surface area contributed by atoms with Gasteiger partial charge in [0.25, 0.3) is 11.2 Å². The van der Waals surface area contributed by atoms with Gasteiger partial charge in [0.05, 0.1) is 17.0 Å². The average Bonchev–Trinajstić information content (AvgIpc) is 2.60. The van der Waals surface area contributed by atoms with Gasteiger partial charge in [0.1, 0.15) is 6.61 Å². The molecule has 2 aromatic rings. The van der Waals surface area contributed by atoms with Crippen LogP contribution in [-0.2, 0) is 0 Å². The first kappa shape index (κ1) is 20.5. The molecule has 7 heteroatoms. The molecule has 1 unspecified atom stereocenters. The number of benzene rings is 1. The lowest BCUT2D eigenvalue weighted by Crippen LogP contribution is -2.17. The highest BCUT2D eigenvalue weighted by Gasteiger charge is 2.18. The number of nitrogens with zero attached hydrogens (tertiary/aromatic N) is 1. The van der Waals surface area contributed by atoms with Crippen molar-refractivity contribution in [3.8, 4) is 11.5 Å². The third kappa shape index (κ3) is 5.32. The molecule has 0 saturated heterocycles. The van der Waals surface area contributed by atoms with Crippen molar-refractivity contribution < 1.29 is 14.4 Å². The summed E-state index contributed by atoms with van der Waals surface area (Å²) in [6.07, 6.45) is 3.92. The Morgan fingerprint density at radius 1 is 1.30 bits per heavy atom. The zero-order chi connectivity index (χ0) is 20.0. The van der Waals surface area contributed by atoms with E-state index >= 15 is 0 Å². The molecule has 27 heavy (non-hydrogen) atoms. The van der Waals surface area contributed by atoms with Crippen molar-refractivity contribution in [2.24, 2.45) is 5.92 Å². The molecule has 0 bridgehead atoms. The lowest BCUT2D eigenvalue weighted by molar-refractivity contribution is -0.384. The van der Waals surface area contributed by atoms with Gasteiger partial charge in [-0.25, -0.2) is 0 Å². The second-order valence-electron chi connectivity index (χ2n) is 6.90. The second kappa shape index (κ2) is 9.21. The molecule has 2 rings (SSSR count). The quantitative estimate of drug-likeness (QED) is 0.393. The van der Waals surface area contributed by atoms with Crippen LogP contribution in [0.25, 0.3) is 10.9 Å². The molecule has 7 nitrogen and oxygen atoms in total. The minimum absolute atomic E-state index is 0.0985. The molecular weight excluding hydrogens is 348 g/mol. The van der Waals surface area contributed by atoms with Gasteiger partial charge in [-0.2, -0.15) is 0 Å². The van der Waals surface area contributed by atoms with Gasteiger partial charge in [0.15, 0.2) is 5.75 Å². The molecule has 0 fully saturated rings. The maximum Gasteiger partial charge on any atom is 0.294 e. The number of aromatic nitrogens is 1. The normalized spacial score (nSPS) is 11.9. The number of aromatic amines is 1. The Balaban J connectivity index is 2.49. The molecule has 146 valence electrons. The van der Waals surface area contributed by atoms with E-state index in [2.05, 4.69) is 18.8 Å². The van der Waals surface area contributed by atoms with Crippen molar-refractivity contribution in [3.05, 3.63) is 50.3 Å². The summed E-state index contributed by atoms with van der Waals surface area (Å²) in [6, 6.07) is 4.29. The third-order valence-electron chi connectivity index (χ3n) is 4.13. The van der Waals surface area contributed by atoms with E-state index in [1.54, 1.807) is 6.07 Å². The summed E-state index contributed by atoms with van der Waals surface area (Å²) in [5.74, 6) is 0.721. The topological polar surface area (TPSA) is 94.5 Å². The summed E-state index contributed by atoms with van der Waals surface area (Å²) in [6.45, 7) is 8.73. The number of H-pyrrole nitrogens is 1. The van der Waals surface area contributed by atoms with Crippen molar-refractivity contribution in [1.82, 2.24) is 4.98 Å². The van der Waals surface area contributed by atoms with E-state index in [1.165, 1.54) is 12.1 Å². The van der Waals surface area contributed by atoms with Crippen LogP contribution in [0.5, 0.6) is 11.5 Å². The Kier molecular flexibility index (Phi) is 6.98. The molecule has 0 aliphatic heterocycles. The van der Waals surface area contributed by atoms with Crippen LogP contribution >= 0.6 is 0 Å². The predicted octanol–water partition coefficient (Wildman–Crippen LogP) is 4.60. The van der Waals surface area contributed by atoms with Crippen molar-refractivity contribution in [3.63, 3.8) is 0 Å². The van der Waals surface area contributed by atoms with Crippen LogP contribution in [0.1, 0.15) is 40.5 Å². The van der Waals surface area contributed by atoms with Gasteiger partial charge < -0.3 is 14.5 Å². The molecule has 0 aliphatic rings. The number of ether oxygens (including phenoxy) is 2. The van der Waals surface area contributed by atoms with E-state index < -0.39 is 10.5 Å². The SMILES string of the molecule is CCCC(C)COc1c(OCC=C(C)C)c2ccc([N+](=O)[O-])cc2[nH]c1=O. The minimum atomic E-state index is -0.502. The van der Waals surface area contributed by atoms with Crippen molar-refractivity contribution in [2.75, 3.05) is 13.2 Å². The lowest BCUT2D eigenvalue weighted by Gasteiger charge is -2.16. The van der Waals surface area contributed by atoms with Crippen LogP contribution in [-0.4, -0.2) is 23.1 Å². The number of hydrogen-bond acceptors (Lipinski definition) is 5. The number of pyridine rings is 1. The molecule has 0 radical (unpaired) electrons. The monoisotopic (exact) mass is 374 g/mol. The number of nitro benzene ring substituents is 1. The van der Waals surface area contributed by atoms with Crippen LogP contribution in [0.3, 0.4) is 0 Å². The van der Waals surface area contributed by atoms with E-state index in [0.717, 1.165) is 18.4 Å². The molecular formula is C20H26N2O5. The van der Waals surface area contributed by atoms with Crippen molar-refractivity contribution in [1.29, 1.82) is 0 Å². The fraction of sp³-hybridized carbons (Fsp3) is 0.450. The van der Waals surface area contributed by atoms with E-state index in [4.69, 9.17) is 9.47 Å². The molecule has 1 aromatic carbocycles. The number of non-ortho nitro benzene ring substituents is 1. The van der Waals surface area contributed by atoms with E-state index in [1.807, 2.05) is 19.9 Å². The fourth-order valence-corrected chi connectivity index (χ4v) is 2.72. The molecule has 1 atom stereocenters. The first-order valence-corrected chi connectivity index (χ1v) is 9.06. The highest BCUT2D eigenvalue weighted by molar-refractivity contribution is 5.88. The highest BCUT2D eigenvalue weighted by atomic mass is 16.6. The lowest BCUT2D eigenvalue weighted by atomic mass is 10.1. The summed E-state index contributed by atoms with van der Waals surface area (Å²) in [4.78, 5) is 25.7. The molecule has 1 N–H and O–H groups in total. The molecule has 0 saturated carbocycles. The summed E-state index contributed by atoms with van der Waals surface area (Å²) in [7, 11) is 0. The first-order valence-electron chi connectivity index (χ1n) is 9.06. The highest BCUT2D eigenvalue weighted by Crippen LogP contribution is 2.33. The number of nitrogens with one attached hydrogen (secondary N) is 1. The molecule has 1 heterocycles. The van der Waals surface area contributed by atoms with Gasteiger partial charge in [-0.3, -0.25) is 14.9 Å². The number of nitro groups is 1. The largest absolute Gasteiger partial charge is 0.485 e. The zero-order valence-corrected chi connectivity index (χ0v) is 16.2. The van der Waals surface area contributed by atoms with Crippen LogP contribution < -0.4 is 15.0 Å². The van der Waals surface area contributed by atoms with Gasteiger partial charge in [0, 0.05) is 17.5 Å². The van der Waals surface area contributed by atoms with Crippen molar-refractivity contribution in [2.45, 2.75) is 40.5 Å². The van der Waals surface area contributed by atoms with Crippen LogP contribution in [0.4, 0.5) is 5.69 Å². The molecule has 0 spiro atoms. The maximum absolute atomic E-state index is 12.6. The van der Waals surface area contributed by atoms with Crippen LogP contribution in [0, 0.1) is 16.0 Å². The Morgan fingerprint density at radius 2 is 2.04 bits per heavy atom. The predicted molar refractivity (Wildman–Crippen MR) is 106 cm³/mol. The molecule has 0 amide bonds. The number of allylic oxidation sites excluding steroid dienone is 1. The maximum atomic E-state index is 12.6.